The van der Waals surface area contributed by atoms with Gasteiger partial charge in [0.15, 0.2) is 0 Å². The summed E-state index contributed by atoms with van der Waals surface area (Å²) in [6.07, 6.45) is 3.09. The van der Waals surface area contributed by atoms with Crippen LogP contribution in [-0.4, -0.2) is 44.3 Å². The fourth-order valence-electron chi connectivity index (χ4n) is 2.51. The number of amides is 1. The molecule has 0 aliphatic carbocycles. The molecule has 2 atom stereocenters. The van der Waals surface area contributed by atoms with E-state index in [2.05, 4.69) is 5.10 Å². The molecule has 2 heterocycles. The minimum Gasteiger partial charge on any atom is -0.480 e. The van der Waals surface area contributed by atoms with Crippen LogP contribution in [0.2, 0.25) is 0 Å². The van der Waals surface area contributed by atoms with E-state index >= 15 is 0 Å². The van der Waals surface area contributed by atoms with E-state index in [1.165, 1.54) is 4.90 Å². The van der Waals surface area contributed by atoms with Crippen LogP contribution in [0.4, 0.5) is 0 Å². The normalized spacial score (nSPS) is 23.1. The number of carboxylic acids is 1. The van der Waals surface area contributed by atoms with Crippen molar-refractivity contribution in [1.29, 1.82) is 0 Å². The first kappa shape index (κ1) is 14.6. The summed E-state index contributed by atoms with van der Waals surface area (Å²) in [4.78, 5) is 25.2. The van der Waals surface area contributed by atoms with Gasteiger partial charge in [-0.2, -0.15) is 5.10 Å². The highest BCUT2D eigenvalue weighted by molar-refractivity contribution is 5.95. The second-order valence-corrected chi connectivity index (χ2v) is 5.76. The molecule has 0 bridgehead atoms. The topological polar surface area (TPSA) is 75.4 Å². The molecule has 1 saturated heterocycles. The number of carbonyl (C=O) groups excluding carboxylic acids is 1. The minimum absolute atomic E-state index is 0.174. The van der Waals surface area contributed by atoms with E-state index in [0.29, 0.717) is 24.6 Å². The number of rotatable bonds is 3. The molecule has 110 valence electrons. The van der Waals surface area contributed by atoms with Gasteiger partial charge >= 0.3 is 5.97 Å². The first-order valence-electron chi connectivity index (χ1n) is 6.99. The van der Waals surface area contributed by atoms with E-state index < -0.39 is 12.0 Å². The third-order valence-electron chi connectivity index (χ3n) is 3.77. The van der Waals surface area contributed by atoms with E-state index in [1.807, 2.05) is 20.8 Å². The van der Waals surface area contributed by atoms with Gasteiger partial charge in [-0.15, -0.1) is 0 Å². The Bertz CT molecular complexity index is 510. The Morgan fingerprint density at radius 3 is 2.70 bits per heavy atom. The highest BCUT2D eigenvalue weighted by atomic mass is 16.4. The number of carboxylic acid groups (broad SMARTS) is 1. The molecule has 20 heavy (non-hydrogen) atoms. The summed E-state index contributed by atoms with van der Waals surface area (Å²) in [6, 6.07) is 1.09. The maximum absolute atomic E-state index is 12.4. The summed E-state index contributed by atoms with van der Waals surface area (Å²) < 4.78 is 1.70. The van der Waals surface area contributed by atoms with E-state index in [0.717, 1.165) is 6.42 Å². The molecule has 0 saturated carbocycles. The Kier molecular flexibility index (Phi) is 4.11. The number of aliphatic carboxylic acids is 1. The van der Waals surface area contributed by atoms with E-state index in [9.17, 15) is 14.7 Å². The number of piperidine rings is 1. The van der Waals surface area contributed by atoms with Crippen molar-refractivity contribution in [3.63, 3.8) is 0 Å². The average Bonchev–Trinajstić information content (AvgIpc) is 2.87. The molecule has 1 aromatic rings. The number of hydrogen-bond acceptors (Lipinski definition) is 3. The standard InChI is InChI=1S/C14H21N3O3/c1-9(2)17-7-5-11(15-17)13(18)16-6-4-10(3)8-12(16)14(19)20/h5,7,9-10,12H,4,6,8H2,1-3H3,(H,19,20). The summed E-state index contributed by atoms with van der Waals surface area (Å²) in [6.45, 7) is 6.45. The van der Waals surface area contributed by atoms with Gasteiger partial charge in [-0.3, -0.25) is 9.48 Å². The highest BCUT2D eigenvalue weighted by Crippen LogP contribution is 2.24. The highest BCUT2D eigenvalue weighted by Gasteiger charge is 2.35. The molecule has 6 heteroatoms. The Balaban J connectivity index is 2.19. The zero-order valence-electron chi connectivity index (χ0n) is 12.1. The molecule has 0 spiro atoms. The van der Waals surface area contributed by atoms with Gasteiger partial charge in [-0.1, -0.05) is 6.92 Å². The van der Waals surface area contributed by atoms with Gasteiger partial charge in [0, 0.05) is 18.8 Å². The van der Waals surface area contributed by atoms with Gasteiger partial charge in [0.05, 0.1) is 0 Å². The van der Waals surface area contributed by atoms with Crippen LogP contribution >= 0.6 is 0 Å². The zero-order chi connectivity index (χ0) is 14.9. The Hall–Kier alpha value is -1.85. The van der Waals surface area contributed by atoms with E-state index in [4.69, 9.17) is 0 Å². The Labute approximate surface area is 118 Å². The minimum atomic E-state index is -0.937. The zero-order valence-corrected chi connectivity index (χ0v) is 12.1. The molecule has 2 rings (SSSR count). The van der Waals surface area contributed by atoms with Crippen LogP contribution in [0.25, 0.3) is 0 Å². The third-order valence-corrected chi connectivity index (χ3v) is 3.77. The lowest BCUT2D eigenvalue weighted by atomic mass is 9.92. The average molecular weight is 279 g/mol. The van der Waals surface area contributed by atoms with Crippen LogP contribution in [0.15, 0.2) is 12.3 Å². The van der Waals surface area contributed by atoms with Crippen molar-refractivity contribution in [3.8, 4) is 0 Å². The van der Waals surface area contributed by atoms with Crippen LogP contribution in [0.1, 0.15) is 50.1 Å². The lowest BCUT2D eigenvalue weighted by Gasteiger charge is -2.35. The van der Waals surface area contributed by atoms with Crippen molar-refractivity contribution in [2.45, 2.75) is 45.7 Å². The van der Waals surface area contributed by atoms with Crippen LogP contribution in [0.3, 0.4) is 0 Å². The van der Waals surface area contributed by atoms with Gasteiger partial charge in [-0.05, 0) is 38.7 Å². The predicted octanol–water partition coefficient (Wildman–Crippen LogP) is 1.79. The van der Waals surface area contributed by atoms with Crippen molar-refractivity contribution in [2.75, 3.05) is 6.54 Å². The lowest BCUT2D eigenvalue weighted by molar-refractivity contribution is -0.144. The van der Waals surface area contributed by atoms with Crippen molar-refractivity contribution in [3.05, 3.63) is 18.0 Å². The SMILES string of the molecule is CC1CCN(C(=O)c2ccn(C(C)C)n2)C(C(=O)O)C1. The number of carbonyl (C=O) groups is 2. The van der Waals surface area contributed by atoms with Gasteiger partial charge in [-0.25, -0.2) is 4.79 Å². The molecule has 1 aliphatic heterocycles. The molecular formula is C14H21N3O3. The van der Waals surface area contributed by atoms with Crippen molar-refractivity contribution < 1.29 is 14.7 Å². The largest absolute Gasteiger partial charge is 0.480 e. The number of nitrogens with zero attached hydrogens (tertiary/aromatic N) is 3. The van der Waals surface area contributed by atoms with Crippen LogP contribution in [0.5, 0.6) is 0 Å². The van der Waals surface area contributed by atoms with Crippen molar-refractivity contribution >= 4 is 11.9 Å². The number of aromatic nitrogens is 2. The Morgan fingerprint density at radius 2 is 2.15 bits per heavy atom. The maximum atomic E-state index is 12.4. The number of hydrogen-bond donors (Lipinski definition) is 1. The molecule has 1 aromatic heterocycles. The predicted molar refractivity (Wildman–Crippen MR) is 73.5 cm³/mol. The second kappa shape index (κ2) is 5.64. The van der Waals surface area contributed by atoms with Crippen molar-refractivity contribution in [1.82, 2.24) is 14.7 Å². The first-order chi connectivity index (χ1) is 9.40. The van der Waals surface area contributed by atoms with Gasteiger partial charge in [0.25, 0.3) is 5.91 Å². The summed E-state index contributed by atoms with van der Waals surface area (Å²) >= 11 is 0. The summed E-state index contributed by atoms with van der Waals surface area (Å²) in [5.74, 6) is -0.898. The second-order valence-electron chi connectivity index (χ2n) is 5.76. The molecule has 0 aromatic carbocycles. The molecule has 1 amide bonds. The third kappa shape index (κ3) is 2.84. The fraction of sp³-hybridized carbons (Fsp3) is 0.643. The summed E-state index contributed by atoms with van der Waals surface area (Å²) in [5, 5.41) is 13.5. The van der Waals surface area contributed by atoms with Crippen LogP contribution in [-0.2, 0) is 4.79 Å². The maximum Gasteiger partial charge on any atom is 0.326 e. The molecular weight excluding hydrogens is 258 g/mol. The van der Waals surface area contributed by atoms with Gasteiger partial charge < -0.3 is 10.0 Å². The summed E-state index contributed by atoms with van der Waals surface area (Å²) in [5.41, 5.74) is 0.319. The Morgan fingerprint density at radius 1 is 1.45 bits per heavy atom. The molecule has 1 fully saturated rings. The van der Waals surface area contributed by atoms with Gasteiger partial charge in [0.2, 0.25) is 0 Å². The van der Waals surface area contributed by atoms with E-state index in [-0.39, 0.29) is 11.9 Å². The molecule has 0 radical (unpaired) electrons. The molecule has 2 unspecified atom stereocenters. The monoisotopic (exact) mass is 279 g/mol. The molecule has 6 nitrogen and oxygen atoms in total. The van der Waals surface area contributed by atoms with Crippen LogP contribution < -0.4 is 0 Å². The quantitative estimate of drug-likeness (QED) is 0.915. The fourth-order valence-corrected chi connectivity index (χ4v) is 2.51. The smallest absolute Gasteiger partial charge is 0.326 e. The number of likely N-dealkylation sites (tertiary alicyclic amines) is 1. The molecule has 1 N–H and O–H groups in total. The van der Waals surface area contributed by atoms with Crippen molar-refractivity contribution in [2.24, 2.45) is 5.92 Å². The lowest BCUT2D eigenvalue weighted by Crippen LogP contribution is -2.49. The van der Waals surface area contributed by atoms with E-state index in [1.54, 1.807) is 16.9 Å². The summed E-state index contributed by atoms with van der Waals surface area (Å²) in [7, 11) is 0. The van der Waals surface area contributed by atoms with Gasteiger partial charge in [0.1, 0.15) is 11.7 Å². The van der Waals surface area contributed by atoms with Crippen LogP contribution in [0, 0.1) is 5.92 Å². The molecule has 1 aliphatic rings. The first-order valence-corrected chi connectivity index (χ1v) is 6.99.